The van der Waals surface area contributed by atoms with Gasteiger partial charge in [-0.3, -0.25) is 19.7 Å². The monoisotopic (exact) mass is 423 g/mol. The van der Waals surface area contributed by atoms with Crippen LogP contribution in [0.4, 0.5) is 10.5 Å². The van der Waals surface area contributed by atoms with Crippen molar-refractivity contribution >= 4 is 29.5 Å². The van der Waals surface area contributed by atoms with Gasteiger partial charge in [-0.05, 0) is 24.1 Å². The number of nitrogens with zero attached hydrogens (tertiary/aromatic N) is 1. The van der Waals surface area contributed by atoms with Crippen LogP contribution in [0.2, 0.25) is 0 Å². The number of aryl methyl sites for hydroxylation is 1. The van der Waals surface area contributed by atoms with Crippen LogP contribution in [0.5, 0.6) is 0 Å². The highest BCUT2D eigenvalue weighted by molar-refractivity contribution is 6.01. The quantitative estimate of drug-likeness (QED) is 0.694. The highest BCUT2D eigenvalue weighted by Gasteiger charge is 2.38. The predicted molar refractivity (Wildman–Crippen MR) is 114 cm³/mol. The molecular formula is C23H25N3O5. The van der Waals surface area contributed by atoms with Gasteiger partial charge in [0.2, 0.25) is 12.0 Å². The molecule has 0 saturated carbocycles. The third-order valence-electron chi connectivity index (χ3n) is 5.15. The van der Waals surface area contributed by atoms with Crippen LogP contribution in [-0.4, -0.2) is 37.4 Å². The molecule has 1 saturated heterocycles. The van der Waals surface area contributed by atoms with E-state index in [9.17, 15) is 19.2 Å². The average Bonchev–Trinajstić information content (AvgIpc) is 3.19. The molecule has 1 aliphatic heterocycles. The normalized spacial score (nSPS) is 16.5. The van der Waals surface area contributed by atoms with E-state index in [1.54, 1.807) is 35.2 Å². The van der Waals surface area contributed by atoms with E-state index in [2.05, 4.69) is 10.6 Å². The number of ether oxygens (including phenoxy) is 1. The zero-order valence-corrected chi connectivity index (χ0v) is 17.5. The second-order valence-electron chi connectivity index (χ2n) is 7.22. The van der Waals surface area contributed by atoms with Gasteiger partial charge in [-0.25, -0.2) is 4.79 Å². The second kappa shape index (κ2) is 9.88. The van der Waals surface area contributed by atoms with Gasteiger partial charge in [0.1, 0.15) is 0 Å². The summed E-state index contributed by atoms with van der Waals surface area (Å²) in [5.74, 6) is -2.33. The lowest BCUT2D eigenvalue weighted by Gasteiger charge is -2.20. The van der Waals surface area contributed by atoms with Crippen LogP contribution in [0, 0.1) is 5.92 Å². The maximum atomic E-state index is 12.8. The van der Waals surface area contributed by atoms with E-state index < -0.39 is 29.9 Å². The van der Waals surface area contributed by atoms with Crippen molar-refractivity contribution in [1.82, 2.24) is 10.6 Å². The van der Waals surface area contributed by atoms with Gasteiger partial charge in [-0.2, -0.15) is 0 Å². The minimum atomic E-state index is -1.31. The molecule has 3 rings (SSSR count). The Morgan fingerprint density at radius 2 is 1.77 bits per heavy atom. The Kier molecular flexibility index (Phi) is 7.02. The first-order valence-corrected chi connectivity index (χ1v) is 10.1. The van der Waals surface area contributed by atoms with E-state index >= 15 is 0 Å². The van der Waals surface area contributed by atoms with Crippen molar-refractivity contribution in [2.45, 2.75) is 25.9 Å². The van der Waals surface area contributed by atoms with Gasteiger partial charge in [0, 0.05) is 31.3 Å². The summed E-state index contributed by atoms with van der Waals surface area (Å²) in [7, 11) is 1.37. The number of carbonyl (C=O) groups is 4. The Labute approximate surface area is 180 Å². The topological polar surface area (TPSA) is 105 Å². The predicted octanol–water partition coefficient (Wildman–Crippen LogP) is 2.34. The molecule has 8 nitrogen and oxygen atoms in total. The van der Waals surface area contributed by atoms with Crippen LogP contribution in [-0.2, 0) is 25.5 Å². The highest BCUT2D eigenvalue weighted by Crippen LogP contribution is 2.28. The molecule has 0 unspecified atom stereocenters. The summed E-state index contributed by atoms with van der Waals surface area (Å²) in [6.45, 7) is 2.22. The number of imide groups is 1. The molecule has 2 atom stereocenters. The zero-order chi connectivity index (χ0) is 22.4. The van der Waals surface area contributed by atoms with E-state index in [0.717, 1.165) is 17.7 Å². The zero-order valence-electron chi connectivity index (χ0n) is 17.5. The molecule has 1 heterocycles. The maximum Gasteiger partial charge on any atom is 0.321 e. The van der Waals surface area contributed by atoms with Crippen molar-refractivity contribution in [2.24, 2.45) is 5.92 Å². The van der Waals surface area contributed by atoms with Crippen LogP contribution < -0.4 is 15.5 Å². The van der Waals surface area contributed by atoms with Gasteiger partial charge < -0.3 is 15.0 Å². The first-order chi connectivity index (χ1) is 14.9. The van der Waals surface area contributed by atoms with Crippen molar-refractivity contribution in [1.29, 1.82) is 0 Å². The highest BCUT2D eigenvalue weighted by atomic mass is 16.5. The minimum Gasteiger partial charge on any atom is -0.447 e. The third kappa shape index (κ3) is 5.28. The first-order valence-electron chi connectivity index (χ1n) is 10.1. The van der Waals surface area contributed by atoms with Gasteiger partial charge >= 0.3 is 12.0 Å². The molecule has 2 aromatic rings. The summed E-state index contributed by atoms with van der Waals surface area (Å²) in [4.78, 5) is 51.0. The Morgan fingerprint density at radius 3 is 2.39 bits per heavy atom. The second-order valence-corrected chi connectivity index (χ2v) is 7.22. The van der Waals surface area contributed by atoms with Gasteiger partial charge in [0.05, 0.1) is 5.92 Å². The van der Waals surface area contributed by atoms with E-state index in [0.29, 0.717) is 5.56 Å². The fraction of sp³-hybridized carbons (Fsp3) is 0.304. The number of hydrogen-bond donors (Lipinski definition) is 2. The van der Waals surface area contributed by atoms with Crippen LogP contribution in [0.3, 0.4) is 0 Å². The van der Waals surface area contributed by atoms with Crippen LogP contribution >= 0.6 is 0 Å². The number of amides is 4. The van der Waals surface area contributed by atoms with E-state index in [1.807, 2.05) is 31.2 Å². The van der Waals surface area contributed by atoms with Crippen LogP contribution in [0.1, 0.15) is 30.6 Å². The summed E-state index contributed by atoms with van der Waals surface area (Å²) < 4.78 is 5.49. The lowest BCUT2D eigenvalue weighted by atomic mass is 10.1. The molecule has 1 fully saturated rings. The molecule has 0 aliphatic carbocycles. The van der Waals surface area contributed by atoms with Crippen LogP contribution in [0.25, 0.3) is 0 Å². The molecular weight excluding hydrogens is 398 g/mol. The Balaban J connectivity index is 1.73. The largest absolute Gasteiger partial charge is 0.447 e. The van der Waals surface area contributed by atoms with E-state index in [-0.39, 0.29) is 18.9 Å². The molecule has 2 aromatic carbocycles. The van der Waals surface area contributed by atoms with Gasteiger partial charge in [-0.1, -0.05) is 49.4 Å². The summed E-state index contributed by atoms with van der Waals surface area (Å²) in [6, 6.07) is 15.3. The van der Waals surface area contributed by atoms with Crippen molar-refractivity contribution in [3.8, 4) is 0 Å². The molecule has 2 N–H and O–H groups in total. The summed E-state index contributed by atoms with van der Waals surface area (Å²) in [5, 5.41) is 4.42. The maximum absolute atomic E-state index is 12.8. The number of hydrogen-bond acceptors (Lipinski definition) is 5. The molecule has 0 aromatic heterocycles. The number of rotatable bonds is 6. The van der Waals surface area contributed by atoms with E-state index in [1.165, 1.54) is 7.05 Å². The first kappa shape index (κ1) is 22.0. The van der Waals surface area contributed by atoms with Crippen molar-refractivity contribution in [3.05, 3.63) is 65.7 Å². The Morgan fingerprint density at radius 1 is 1.10 bits per heavy atom. The molecule has 31 heavy (non-hydrogen) atoms. The SMILES string of the molecule is CCc1ccc(N2C[C@H](C(=O)O[C@H](C(=O)NC(=O)NC)c3ccccc3)CC2=O)cc1. The number of esters is 1. The van der Waals surface area contributed by atoms with Crippen molar-refractivity contribution in [2.75, 3.05) is 18.5 Å². The Bertz CT molecular complexity index is 959. The lowest BCUT2D eigenvalue weighted by molar-refractivity contribution is -0.159. The summed E-state index contributed by atoms with van der Waals surface area (Å²) >= 11 is 0. The van der Waals surface area contributed by atoms with Crippen LogP contribution in [0.15, 0.2) is 54.6 Å². The third-order valence-corrected chi connectivity index (χ3v) is 5.15. The van der Waals surface area contributed by atoms with Gasteiger partial charge in [0.15, 0.2) is 0 Å². The minimum absolute atomic E-state index is 0.00701. The van der Waals surface area contributed by atoms with E-state index in [4.69, 9.17) is 4.74 Å². The molecule has 4 amide bonds. The molecule has 8 heteroatoms. The van der Waals surface area contributed by atoms with Gasteiger partial charge in [-0.15, -0.1) is 0 Å². The number of nitrogens with one attached hydrogen (secondary N) is 2. The fourth-order valence-electron chi connectivity index (χ4n) is 3.38. The average molecular weight is 423 g/mol. The number of benzene rings is 2. The van der Waals surface area contributed by atoms with Crippen molar-refractivity contribution in [3.63, 3.8) is 0 Å². The molecule has 0 bridgehead atoms. The van der Waals surface area contributed by atoms with Gasteiger partial charge in [0.25, 0.3) is 5.91 Å². The summed E-state index contributed by atoms with van der Waals surface area (Å²) in [6.07, 6.45) is -0.422. The number of anilines is 1. The number of carbonyl (C=O) groups excluding carboxylic acids is 4. The standard InChI is InChI=1S/C23H25N3O5/c1-3-15-9-11-18(12-10-15)26-14-17(13-19(26)27)22(29)31-20(16-7-5-4-6-8-16)21(28)25-23(30)24-2/h4-12,17,20H,3,13-14H2,1-2H3,(H2,24,25,28,30)/t17-,20+/m1/s1. The van der Waals surface area contributed by atoms with Crippen molar-refractivity contribution < 1.29 is 23.9 Å². The fourth-order valence-corrected chi connectivity index (χ4v) is 3.38. The lowest BCUT2D eigenvalue weighted by Crippen LogP contribution is -2.41. The molecule has 162 valence electrons. The number of urea groups is 1. The Hall–Kier alpha value is -3.68. The molecule has 0 spiro atoms. The smallest absolute Gasteiger partial charge is 0.321 e. The molecule has 0 radical (unpaired) electrons. The summed E-state index contributed by atoms with van der Waals surface area (Å²) in [5.41, 5.74) is 2.29. The molecule has 1 aliphatic rings.